The maximum absolute atomic E-state index is 10.9. The Morgan fingerprint density at radius 1 is 1.46 bits per heavy atom. The third-order valence-electron chi connectivity index (χ3n) is 1.62. The number of nitrogens with one attached hydrogen (secondary N) is 1. The molecule has 1 heterocycles. The number of non-ortho nitro benzene ring substituents is 1. The minimum absolute atomic E-state index is 0.0270. The number of nitro groups is 1. The fourth-order valence-corrected chi connectivity index (χ4v) is 1.93. The number of nitrogens with zero attached hydrogens (tertiary/aromatic N) is 1. The summed E-state index contributed by atoms with van der Waals surface area (Å²) in [6.07, 6.45) is 0. The highest BCUT2D eigenvalue weighted by Gasteiger charge is 2.13. The molecule has 0 unspecified atom stereocenters. The molecule has 5 nitrogen and oxygen atoms in total. The Balaban J connectivity index is 2.90. The topological polar surface area (TPSA) is 76.0 Å². The van der Waals surface area contributed by atoms with E-state index in [0.717, 1.165) is 11.3 Å². The Kier molecular flexibility index (Phi) is 1.63. The molecule has 13 heavy (non-hydrogen) atoms. The van der Waals surface area contributed by atoms with Crippen LogP contribution in [0.5, 0.6) is 0 Å². The highest BCUT2D eigenvalue weighted by Crippen LogP contribution is 2.25. The molecule has 2 rings (SSSR count). The average Bonchev–Trinajstić information content (AvgIpc) is 2.43. The molecule has 0 saturated heterocycles. The number of aromatic amines is 1. The van der Waals surface area contributed by atoms with Gasteiger partial charge in [0.05, 0.1) is 10.4 Å². The van der Waals surface area contributed by atoms with E-state index in [-0.39, 0.29) is 10.6 Å². The van der Waals surface area contributed by atoms with Crippen molar-refractivity contribution in [3.8, 4) is 0 Å². The summed E-state index contributed by atoms with van der Waals surface area (Å²) in [6.45, 7) is 0. The lowest BCUT2D eigenvalue weighted by Crippen LogP contribution is -1.89. The lowest BCUT2D eigenvalue weighted by molar-refractivity contribution is -0.382. The van der Waals surface area contributed by atoms with Gasteiger partial charge in [0.15, 0.2) is 0 Å². The van der Waals surface area contributed by atoms with Crippen molar-refractivity contribution in [1.82, 2.24) is 4.98 Å². The molecule has 0 aliphatic rings. The van der Waals surface area contributed by atoms with Crippen molar-refractivity contribution in [3.63, 3.8) is 0 Å². The van der Waals surface area contributed by atoms with Gasteiger partial charge < -0.3 is 4.98 Å². The minimum Gasteiger partial charge on any atom is -0.312 e. The van der Waals surface area contributed by atoms with Crippen LogP contribution in [0.3, 0.4) is 0 Å². The average molecular weight is 196 g/mol. The maximum atomic E-state index is 10.9. The molecule has 2 aromatic rings. The predicted molar refractivity (Wildman–Crippen MR) is 49.1 cm³/mol. The number of hydrogen-bond acceptors (Lipinski definition) is 4. The molecule has 1 N–H and O–H groups in total. The normalized spacial score (nSPS) is 10.5. The number of benzene rings is 1. The second kappa shape index (κ2) is 2.67. The van der Waals surface area contributed by atoms with Crippen LogP contribution in [0, 0.1) is 10.1 Å². The van der Waals surface area contributed by atoms with Gasteiger partial charge in [-0.3, -0.25) is 14.9 Å². The van der Waals surface area contributed by atoms with Crippen molar-refractivity contribution in [2.24, 2.45) is 0 Å². The lowest BCUT2D eigenvalue weighted by Gasteiger charge is -1.90. The zero-order chi connectivity index (χ0) is 9.42. The fraction of sp³-hybridized carbons (Fsp3) is 0. The van der Waals surface area contributed by atoms with Crippen molar-refractivity contribution in [2.75, 3.05) is 0 Å². The Morgan fingerprint density at radius 2 is 2.23 bits per heavy atom. The van der Waals surface area contributed by atoms with Gasteiger partial charge in [0, 0.05) is 6.07 Å². The van der Waals surface area contributed by atoms with Crippen LogP contribution in [0.2, 0.25) is 0 Å². The van der Waals surface area contributed by atoms with Crippen LogP contribution in [-0.4, -0.2) is 9.91 Å². The van der Waals surface area contributed by atoms with Crippen molar-refractivity contribution in [3.05, 3.63) is 38.0 Å². The SMILES string of the molecule is O=c1[nH]c2cccc([N+](=O)[O-])c2s1. The van der Waals surface area contributed by atoms with Crippen molar-refractivity contribution >= 4 is 27.2 Å². The first-order chi connectivity index (χ1) is 6.18. The summed E-state index contributed by atoms with van der Waals surface area (Å²) in [7, 11) is 0. The molecule has 0 radical (unpaired) electrons. The Labute approximate surface area is 75.8 Å². The molecule has 0 amide bonds. The molecule has 0 saturated carbocycles. The van der Waals surface area contributed by atoms with E-state index in [9.17, 15) is 14.9 Å². The van der Waals surface area contributed by atoms with Crippen molar-refractivity contribution < 1.29 is 4.92 Å². The van der Waals surface area contributed by atoms with Crippen LogP contribution >= 0.6 is 11.3 Å². The Bertz CT molecular complexity index is 528. The van der Waals surface area contributed by atoms with Crippen LogP contribution < -0.4 is 4.87 Å². The molecule has 0 aliphatic carbocycles. The highest BCUT2D eigenvalue weighted by atomic mass is 32.1. The second-order valence-corrected chi connectivity index (χ2v) is 3.41. The van der Waals surface area contributed by atoms with Crippen LogP contribution in [0.1, 0.15) is 0 Å². The van der Waals surface area contributed by atoms with E-state index in [4.69, 9.17) is 0 Å². The summed E-state index contributed by atoms with van der Waals surface area (Å²) < 4.78 is 0.400. The zero-order valence-corrected chi connectivity index (χ0v) is 7.13. The summed E-state index contributed by atoms with van der Waals surface area (Å²) >= 11 is 0.854. The van der Waals surface area contributed by atoms with Crippen LogP contribution in [0.25, 0.3) is 10.2 Å². The van der Waals surface area contributed by atoms with Crippen molar-refractivity contribution in [2.45, 2.75) is 0 Å². The fourth-order valence-electron chi connectivity index (χ4n) is 1.10. The third kappa shape index (κ3) is 1.20. The molecular weight excluding hydrogens is 192 g/mol. The van der Waals surface area contributed by atoms with Gasteiger partial charge in [-0.25, -0.2) is 0 Å². The number of thiazole rings is 1. The molecule has 6 heteroatoms. The molecule has 0 fully saturated rings. The number of H-pyrrole nitrogens is 1. The van der Waals surface area contributed by atoms with E-state index in [1.165, 1.54) is 6.07 Å². The van der Waals surface area contributed by atoms with E-state index in [2.05, 4.69) is 4.98 Å². The number of hydrogen-bond donors (Lipinski definition) is 1. The van der Waals surface area contributed by atoms with Gasteiger partial charge in [-0.2, -0.15) is 0 Å². The summed E-state index contributed by atoms with van der Waals surface area (Å²) in [4.78, 5) is 23.2. The van der Waals surface area contributed by atoms with Gasteiger partial charge in [-0.05, 0) is 6.07 Å². The smallest absolute Gasteiger partial charge is 0.305 e. The monoisotopic (exact) mass is 196 g/mol. The first-order valence-corrected chi connectivity index (χ1v) is 4.26. The van der Waals surface area contributed by atoms with E-state index < -0.39 is 4.92 Å². The molecule has 1 aromatic heterocycles. The molecule has 0 bridgehead atoms. The van der Waals surface area contributed by atoms with E-state index in [1.807, 2.05) is 0 Å². The van der Waals surface area contributed by atoms with Gasteiger partial charge in [0.25, 0.3) is 5.69 Å². The van der Waals surface area contributed by atoms with Crippen LogP contribution in [0.15, 0.2) is 23.0 Å². The van der Waals surface area contributed by atoms with E-state index >= 15 is 0 Å². The molecule has 0 aliphatic heterocycles. The quantitative estimate of drug-likeness (QED) is 0.554. The summed E-state index contributed by atoms with van der Waals surface area (Å²) in [5.74, 6) is 0. The van der Waals surface area contributed by atoms with Crippen molar-refractivity contribution in [1.29, 1.82) is 0 Å². The molecule has 1 aromatic carbocycles. The van der Waals surface area contributed by atoms with Crippen LogP contribution in [0.4, 0.5) is 5.69 Å². The summed E-state index contributed by atoms with van der Waals surface area (Å²) in [5.41, 5.74) is 0.491. The molecule has 0 spiro atoms. The van der Waals surface area contributed by atoms with Gasteiger partial charge in [0.1, 0.15) is 4.70 Å². The zero-order valence-electron chi connectivity index (χ0n) is 6.31. The lowest BCUT2D eigenvalue weighted by atomic mass is 10.3. The predicted octanol–water partition coefficient (Wildman–Crippen LogP) is 1.50. The van der Waals surface area contributed by atoms with Gasteiger partial charge in [0.2, 0.25) is 0 Å². The van der Waals surface area contributed by atoms with E-state index in [0.29, 0.717) is 10.2 Å². The number of nitro benzene ring substituents is 1. The standard InChI is InChI=1S/C7H4N2O3S/c10-7-8-4-2-1-3-5(9(11)12)6(4)13-7/h1-3H,(H,8,10). The maximum Gasteiger partial charge on any atom is 0.305 e. The first kappa shape index (κ1) is 7.93. The Morgan fingerprint density at radius 3 is 2.92 bits per heavy atom. The molecular formula is C7H4N2O3S. The van der Waals surface area contributed by atoms with Gasteiger partial charge >= 0.3 is 4.87 Å². The highest BCUT2D eigenvalue weighted by molar-refractivity contribution is 7.17. The first-order valence-electron chi connectivity index (χ1n) is 3.45. The van der Waals surface area contributed by atoms with Gasteiger partial charge in [-0.15, -0.1) is 0 Å². The largest absolute Gasteiger partial charge is 0.312 e. The Hall–Kier alpha value is -1.69. The molecule has 66 valence electrons. The summed E-state index contributed by atoms with van der Waals surface area (Å²) in [6, 6.07) is 4.56. The molecule has 0 atom stereocenters. The van der Waals surface area contributed by atoms with E-state index in [1.54, 1.807) is 12.1 Å². The number of fused-ring (bicyclic) bond motifs is 1. The summed E-state index contributed by atoms with van der Waals surface area (Å²) in [5, 5.41) is 10.5. The number of aromatic nitrogens is 1. The third-order valence-corrected chi connectivity index (χ3v) is 2.54. The minimum atomic E-state index is -0.494. The van der Waals surface area contributed by atoms with Gasteiger partial charge in [-0.1, -0.05) is 17.4 Å². The number of rotatable bonds is 1. The second-order valence-electron chi connectivity index (χ2n) is 2.43. The van der Waals surface area contributed by atoms with Crippen LogP contribution in [-0.2, 0) is 0 Å².